The number of carbonyl (C=O) groups excluding carboxylic acids is 1. The van der Waals surface area contributed by atoms with Crippen molar-refractivity contribution in [2.45, 2.75) is 32.6 Å². The number of hydrogen-bond acceptors (Lipinski definition) is 2. The van der Waals surface area contributed by atoms with Gasteiger partial charge in [0.05, 0.1) is 0 Å². The predicted molar refractivity (Wildman–Crippen MR) is 82.3 cm³/mol. The highest BCUT2D eigenvalue weighted by molar-refractivity contribution is 9.10. The summed E-state index contributed by atoms with van der Waals surface area (Å²) in [6.07, 6.45) is 4.02. The molecule has 3 nitrogen and oxygen atoms in total. The van der Waals surface area contributed by atoms with Crippen molar-refractivity contribution in [3.8, 4) is 0 Å². The van der Waals surface area contributed by atoms with Gasteiger partial charge in [0.25, 0.3) is 0 Å². The number of aryl methyl sites for hydroxylation is 1. The highest BCUT2D eigenvalue weighted by atomic mass is 79.9. The van der Waals surface area contributed by atoms with Gasteiger partial charge in [-0.05, 0) is 62.9 Å². The van der Waals surface area contributed by atoms with Crippen LogP contribution >= 0.6 is 15.9 Å². The molecule has 1 amide bonds. The minimum absolute atomic E-state index is 0.125. The van der Waals surface area contributed by atoms with Gasteiger partial charge in [0.2, 0.25) is 5.91 Å². The van der Waals surface area contributed by atoms with Crippen LogP contribution in [-0.4, -0.2) is 19.0 Å². The molecule has 1 aromatic rings. The third kappa shape index (κ3) is 4.62. The lowest BCUT2D eigenvalue weighted by Crippen LogP contribution is -2.28. The van der Waals surface area contributed by atoms with Crippen LogP contribution in [0.15, 0.2) is 22.7 Å². The summed E-state index contributed by atoms with van der Waals surface area (Å²) in [6.45, 7) is 4.20. The molecular weight excluding hydrogens is 304 g/mol. The Morgan fingerprint density at radius 3 is 2.89 bits per heavy atom. The molecule has 0 aromatic heterocycles. The zero-order valence-corrected chi connectivity index (χ0v) is 12.9. The average molecular weight is 325 g/mol. The van der Waals surface area contributed by atoms with Gasteiger partial charge < -0.3 is 10.6 Å². The molecular formula is C15H21BrN2O. The van der Waals surface area contributed by atoms with Crippen molar-refractivity contribution in [1.29, 1.82) is 0 Å². The average Bonchev–Trinajstić information content (AvgIpc) is 2.42. The fourth-order valence-corrected chi connectivity index (χ4v) is 2.81. The van der Waals surface area contributed by atoms with Gasteiger partial charge >= 0.3 is 0 Å². The van der Waals surface area contributed by atoms with E-state index in [0.717, 1.165) is 35.2 Å². The summed E-state index contributed by atoms with van der Waals surface area (Å²) in [4.78, 5) is 12.0. The van der Waals surface area contributed by atoms with Crippen molar-refractivity contribution in [2.75, 3.05) is 18.4 Å². The number of benzene rings is 1. The second kappa shape index (κ2) is 7.06. The van der Waals surface area contributed by atoms with Crippen molar-refractivity contribution in [1.82, 2.24) is 5.32 Å². The molecule has 0 radical (unpaired) electrons. The maximum absolute atomic E-state index is 12.0. The first kappa shape index (κ1) is 14.5. The van der Waals surface area contributed by atoms with Crippen LogP contribution in [0.4, 0.5) is 5.69 Å². The second-order valence-corrected chi connectivity index (χ2v) is 6.16. The zero-order chi connectivity index (χ0) is 13.7. The van der Waals surface area contributed by atoms with Gasteiger partial charge in [-0.3, -0.25) is 4.79 Å². The van der Waals surface area contributed by atoms with E-state index < -0.39 is 0 Å². The van der Waals surface area contributed by atoms with Gasteiger partial charge in [-0.1, -0.05) is 22.0 Å². The molecule has 1 fully saturated rings. The van der Waals surface area contributed by atoms with Gasteiger partial charge in [0.15, 0.2) is 0 Å². The predicted octanol–water partition coefficient (Wildman–Crippen LogP) is 3.48. The normalized spacial score (nSPS) is 16.3. The first-order valence-electron chi connectivity index (χ1n) is 6.92. The van der Waals surface area contributed by atoms with E-state index in [9.17, 15) is 4.79 Å². The molecule has 1 aliphatic rings. The number of carbonyl (C=O) groups is 1. The summed E-state index contributed by atoms with van der Waals surface area (Å²) >= 11 is 3.43. The molecule has 104 valence electrons. The first-order valence-corrected chi connectivity index (χ1v) is 7.71. The van der Waals surface area contributed by atoms with Crippen molar-refractivity contribution < 1.29 is 4.79 Å². The van der Waals surface area contributed by atoms with Crippen molar-refractivity contribution in [3.05, 3.63) is 28.2 Å². The zero-order valence-electron chi connectivity index (χ0n) is 11.3. The second-order valence-electron chi connectivity index (χ2n) is 5.24. The Kier molecular flexibility index (Phi) is 5.40. The Morgan fingerprint density at radius 2 is 2.16 bits per heavy atom. The van der Waals surface area contributed by atoms with E-state index in [-0.39, 0.29) is 5.91 Å². The smallest absolute Gasteiger partial charge is 0.224 e. The van der Waals surface area contributed by atoms with E-state index in [2.05, 4.69) is 26.6 Å². The van der Waals surface area contributed by atoms with Gasteiger partial charge in [0.1, 0.15) is 0 Å². The first-order chi connectivity index (χ1) is 9.15. The molecule has 1 aromatic carbocycles. The summed E-state index contributed by atoms with van der Waals surface area (Å²) in [6, 6.07) is 5.95. The summed E-state index contributed by atoms with van der Waals surface area (Å²) in [7, 11) is 0. The molecule has 1 saturated heterocycles. The van der Waals surface area contributed by atoms with E-state index >= 15 is 0 Å². The third-order valence-electron chi connectivity index (χ3n) is 3.71. The Hall–Kier alpha value is -0.870. The quantitative estimate of drug-likeness (QED) is 0.890. The number of halogens is 1. The van der Waals surface area contributed by atoms with Gasteiger partial charge in [-0.15, -0.1) is 0 Å². The molecule has 0 atom stereocenters. The highest BCUT2D eigenvalue weighted by Gasteiger charge is 2.14. The molecule has 0 bridgehead atoms. The van der Waals surface area contributed by atoms with Crippen LogP contribution in [0.1, 0.15) is 31.2 Å². The maximum atomic E-state index is 12.0. The maximum Gasteiger partial charge on any atom is 0.224 e. The number of piperidine rings is 1. The molecule has 0 saturated carbocycles. The molecule has 0 spiro atoms. The van der Waals surface area contributed by atoms with Gasteiger partial charge in [0, 0.05) is 16.6 Å². The lowest BCUT2D eigenvalue weighted by Gasteiger charge is -2.22. The number of nitrogens with one attached hydrogen (secondary N) is 2. The summed E-state index contributed by atoms with van der Waals surface area (Å²) < 4.78 is 0.992. The molecule has 4 heteroatoms. The molecule has 0 unspecified atom stereocenters. The lowest BCUT2D eigenvalue weighted by molar-refractivity contribution is -0.116. The molecule has 2 N–H and O–H groups in total. The molecule has 2 rings (SSSR count). The monoisotopic (exact) mass is 324 g/mol. The van der Waals surface area contributed by atoms with E-state index in [1.807, 2.05) is 25.1 Å². The number of rotatable bonds is 4. The summed E-state index contributed by atoms with van der Waals surface area (Å²) in [5.41, 5.74) is 2.00. The number of anilines is 1. The van der Waals surface area contributed by atoms with E-state index in [4.69, 9.17) is 0 Å². The third-order valence-corrected chi connectivity index (χ3v) is 4.21. The van der Waals surface area contributed by atoms with Crippen molar-refractivity contribution >= 4 is 27.5 Å². The van der Waals surface area contributed by atoms with Crippen molar-refractivity contribution in [2.24, 2.45) is 5.92 Å². The fourth-order valence-electron chi connectivity index (χ4n) is 2.45. The van der Waals surface area contributed by atoms with Crippen molar-refractivity contribution in [3.63, 3.8) is 0 Å². The minimum Gasteiger partial charge on any atom is -0.326 e. The SMILES string of the molecule is Cc1ccc(Br)cc1NC(=O)CCC1CCNCC1. The van der Waals surface area contributed by atoms with Crippen LogP contribution in [0.25, 0.3) is 0 Å². The Morgan fingerprint density at radius 1 is 1.42 bits per heavy atom. The molecule has 1 aliphatic heterocycles. The molecule has 19 heavy (non-hydrogen) atoms. The van der Waals surface area contributed by atoms with Gasteiger partial charge in [-0.25, -0.2) is 0 Å². The topological polar surface area (TPSA) is 41.1 Å². The lowest BCUT2D eigenvalue weighted by atomic mass is 9.93. The van der Waals surface area contributed by atoms with Crippen LogP contribution in [0.5, 0.6) is 0 Å². The highest BCUT2D eigenvalue weighted by Crippen LogP contribution is 2.22. The minimum atomic E-state index is 0.125. The Labute approximate surface area is 123 Å². The summed E-state index contributed by atoms with van der Waals surface area (Å²) in [5.74, 6) is 0.829. The van der Waals surface area contributed by atoms with Crippen LogP contribution in [0.3, 0.4) is 0 Å². The standard InChI is InChI=1S/C15H21BrN2O/c1-11-2-4-13(16)10-14(11)18-15(19)5-3-12-6-8-17-9-7-12/h2,4,10,12,17H,3,5-9H2,1H3,(H,18,19). The van der Waals surface area contributed by atoms with E-state index in [1.165, 1.54) is 12.8 Å². The van der Waals surface area contributed by atoms with E-state index in [0.29, 0.717) is 12.3 Å². The van der Waals surface area contributed by atoms with Crippen LogP contribution in [0.2, 0.25) is 0 Å². The summed E-state index contributed by atoms with van der Waals surface area (Å²) in [5, 5.41) is 6.36. The van der Waals surface area contributed by atoms with E-state index in [1.54, 1.807) is 0 Å². The molecule has 0 aliphatic carbocycles. The van der Waals surface area contributed by atoms with Crippen LogP contribution < -0.4 is 10.6 Å². The van der Waals surface area contributed by atoms with Crippen LogP contribution in [-0.2, 0) is 4.79 Å². The number of amides is 1. The Bertz CT molecular complexity index is 442. The molecule has 1 heterocycles. The Balaban J connectivity index is 1.81. The number of hydrogen-bond donors (Lipinski definition) is 2. The fraction of sp³-hybridized carbons (Fsp3) is 0.533. The largest absolute Gasteiger partial charge is 0.326 e. The van der Waals surface area contributed by atoms with Gasteiger partial charge in [-0.2, -0.15) is 0 Å². The van der Waals surface area contributed by atoms with Crippen LogP contribution in [0, 0.1) is 12.8 Å².